The molecule has 0 unspecified atom stereocenters. The van der Waals surface area contributed by atoms with Gasteiger partial charge in [-0.05, 0) is 59.7 Å². The molecule has 0 atom stereocenters. The fourth-order valence-electron chi connectivity index (χ4n) is 4.73. The van der Waals surface area contributed by atoms with Gasteiger partial charge in [-0.25, -0.2) is 0 Å². The molecule has 0 aliphatic heterocycles. The molecule has 43 heavy (non-hydrogen) atoms. The van der Waals surface area contributed by atoms with Crippen LogP contribution in [-0.4, -0.2) is 64.2 Å². The molecule has 4 aromatic rings. The predicted octanol–water partition coefficient (Wildman–Crippen LogP) is 7.03. The Labute approximate surface area is 252 Å². The van der Waals surface area contributed by atoms with Crippen molar-refractivity contribution < 1.29 is 29.2 Å². The monoisotopic (exact) mass is 582 g/mol. The van der Waals surface area contributed by atoms with E-state index in [-0.39, 0.29) is 16.9 Å². The Morgan fingerprint density at radius 2 is 0.930 bits per heavy atom. The Bertz CT molecular complexity index is 1460. The van der Waals surface area contributed by atoms with E-state index < -0.39 is 0 Å². The Balaban J connectivity index is 1.49. The van der Waals surface area contributed by atoms with Gasteiger partial charge in [0.15, 0.2) is 0 Å². The van der Waals surface area contributed by atoms with Gasteiger partial charge in [-0.3, -0.25) is 9.98 Å². The zero-order valence-corrected chi connectivity index (χ0v) is 25.4. The topological polar surface area (TPSA) is 102 Å². The standard InChI is InChI=1S/C35H38N2O6/c1-35(2,21-36-19-25-17-23(13-15-27(25)38)33-29(40-3)9-7-10-30(33)41-4)22-37-20-26-18-24(14-16-28(26)39)34-31(42-5)11-8-12-32(34)43-6/h7-20,38-39H,21-22H2,1-6H3/b36-19+,37-20+. The average molecular weight is 583 g/mol. The number of hydrogen-bond acceptors (Lipinski definition) is 8. The molecule has 224 valence electrons. The zero-order chi connectivity index (χ0) is 31.0. The molecule has 8 heteroatoms. The first-order chi connectivity index (χ1) is 20.7. The summed E-state index contributed by atoms with van der Waals surface area (Å²) < 4.78 is 22.2. The summed E-state index contributed by atoms with van der Waals surface area (Å²) in [5.74, 6) is 2.94. The third-order valence-corrected chi connectivity index (χ3v) is 6.99. The highest BCUT2D eigenvalue weighted by atomic mass is 16.5. The van der Waals surface area contributed by atoms with E-state index in [0.29, 0.717) is 47.2 Å². The SMILES string of the molecule is COc1cccc(OC)c1-c1ccc(O)c(/C=N/CC(C)(C)C/N=C/c2cc(-c3c(OC)cccc3OC)ccc2O)c1. The number of aromatic hydroxyl groups is 2. The summed E-state index contributed by atoms with van der Waals surface area (Å²) in [5, 5.41) is 21.0. The van der Waals surface area contributed by atoms with Gasteiger partial charge in [-0.2, -0.15) is 0 Å². The molecule has 0 fully saturated rings. The normalized spacial score (nSPS) is 11.7. The van der Waals surface area contributed by atoms with Crippen molar-refractivity contribution in [3.8, 4) is 56.8 Å². The summed E-state index contributed by atoms with van der Waals surface area (Å²) >= 11 is 0. The molecule has 4 rings (SSSR count). The first-order valence-electron chi connectivity index (χ1n) is 13.8. The number of aliphatic imine (C=N–C) groups is 2. The molecule has 0 aliphatic rings. The van der Waals surface area contributed by atoms with Crippen LogP contribution in [0.5, 0.6) is 34.5 Å². The smallest absolute Gasteiger partial charge is 0.130 e. The summed E-state index contributed by atoms with van der Waals surface area (Å²) in [7, 11) is 6.45. The van der Waals surface area contributed by atoms with E-state index in [0.717, 1.165) is 22.3 Å². The van der Waals surface area contributed by atoms with Crippen LogP contribution in [0, 0.1) is 5.41 Å². The molecular weight excluding hydrogens is 544 g/mol. The second kappa shape index (κ2) is 13.8. The van der Waals surface area contributed by atoms with Crippen molar-refractivity contribution in [1.29, 1.82) is 0 Å². The highest BCUT2D eigenvalue weighted by molar-refractivity contribution is 5.89. The molecule has 2 N–H and O–H groups in total. The van der Waals surface area contributed by atoms with E-state index >= 15 is 0 Å². The van der Waals surface area contributed by atoms with E-state index in [9.17, 15) is 10.2 Å². The molecule has 0 bridgehead atoms. The van der Waals surface area contributed by atoms with Crippen LogP contribution in [0.1, 0.15) is 25.0 Å². The fourth-order valence-corrected chi connectivity index (χ4v) is 4.73. The van der Waals surface area contributed by atoms with Crippen LogP contribution < -0.4 is 18.9 Å². The average Bonchev–Trinajstić information content (AvgIpc) is 3.01. The Morgan fingerprint density at radius 1 is 0.581 bits per heavy atom. The van der Waals surface area contributed by atoms with Crippen LogP contribution in [0.15, 0.2) is 82.8 Å². The van der Waals surface area contributed by atoms with E-state index in [1.807, 2.05) is 60.7 Å². The van der Waals surface area contributed by atoms with Crippen molar-refractivity contribution in [2.24, 2.45) is 15.4 Å². The maximum Gasteiger partial charge on any atom is 0.130 e. The second-order valence-electron chi connectivity index (χ2n) is 10.7. The Hall–Kier alpha value is -4.98. The lowest BCUT2D eigenvalue weighted by atomic mass is 9.94. The van der Waals surface area contributed by atoms with Crippen molar-refractivity contribution in [2.45, 2.75) is 13.8 Å². The molecule has 0 heterocycles. The molecule has 8 nitrogen and oxygen atoms in total. The highest BCUT2D eigenvalue weighted by Gasteiger charge is 2.18. The van der Waals surface area contributed by atoms with Gasteiger partial charge in [0, 0.05) is 42.1 Å². The summed E-state index contributed by atoms with van der Waals surface area (Å²) in [4.78, 5) is 9.26. The number of rotatable bonds is 12. The van der Waals surface area contributed by atoms with Crippen molar-refractivity contribution in [3.63, 3.8) is 0 Å². The fraction of sp³-hybridized carbons (Fsp3) is 0.257. The van der Waals surface area contributed by atoms with E-state index in [1.165, 1.54) is 0 Å². The van der Waals surface area contributed by atoms with Crippen LogP contribution >= 0.6 is 0 Å². The van der Waals surface area contributed by atoms with Crippen molar-refractivity contribution in [2.75, 3.05) is 41.5 Å². The lowest BCUT2D eigenvalue weighted by Gasteiger charge is -2.19. The Morgan fingerprint density at radius 3 is 1.26 bits per heavy atom. The summed E-state index contributed by atoms with van der Waals surface area (Å²) in [6.45, 7) is 5.06. The minimum atomic E-state index is -0.287. The molecule has 0 saturated carbocycles. The minimum Gasteiger partial charge on any atom is -0.507 e. The maximum atomic E-state index is 10.5. The van der Waals surface area contributed by atoms with Crippen LogP contribution in [0.3, 0.4) is 0 Å². The van der Waals surface area contributed by atoms with Gasteiger partial charge in [0.2, 0.25) is 0 Å². The number of ether oxygens (including phenoxy) is 4. The van der Waals surface area contributed by atoms with Gasteiger partial charge in [-0.15, -0.1) is 0 Å². The molecule has 4 aromatic carbocycles. The highest BCUT2D eigenvalue weighted by Crippen LogP contribution is 2.40. The number of phenolic OH excluding ortho intramolecular Hbond substituents is 2. The number of nitrogens with zero attached hydrogens (tertiary/aromatic N) is 2. The predicted molar refractivity (Wildman–Crippen MR) is 172 cm³/mol. The Kier molecular flexibility index (Phi) is 9.93. The molecule has 0 radical (unpaired) electrons. The van der Waals surface area contributed by atoms with Gasteiger partial charge in [-0.1, -0.05) is 38.1 Å². The van der Waals surface area contributed by atoms with Crippen LogP contribution in [-0.2, 0) is 0 Å². The molecule has 0 amide bonds. The summed E-state index contributed by atoms with van der Waals surface area (Å²) in [6.07, 6.45) is 3.34. The van der Waals surface area contributed by atoms with Gasteiger partial charge in [0.1, 0.15) is 34.5 Å². The lowest BCUT2D eigenvalue weighted by Crippen LogP contribution is -2.19. The van der Waals surface area contributed by atoms with Crippen LogP contribution in [0.4, 0.5) is 0 Å². The van der Waals surface area contributed by atoms with Crippen molar-refractivity contribution in [3.05, 3.63) is 83.9 Å². The van der Waals surface area contributed by atoms with E-state index in [4.69, 9.17) is 18.9 Å². The first kappa shape index (κ1) is 31.0. The minimum absolute atomic E-state index is 0.124. The van der Waals surface area contributed by atoms with Crippen LogP contribution in [0.25, 0.3) is 22.3 Å². The number of benzene rings is 4. The van der Waals surface area contributed by atoms with Crippen molar-refractivity contribution in [1.82, 2.24) is 0 Å². The van der Waals surface area contributed by atoms with Crippen LogP contribution in [0.2, 0.25) is 0 Å². The van der Waals surface area contributed by atoms with E-state index in [1.54, 1.807) is 53.0 Å². The number of methoxy groups -OCH3 is 4. The summed E-state index contributed by atoms with van der Waals surface area (Å²) in [6, 6.07) is 21.8. The molecule has 0 spiro atoms. The third kappa shape index (κ3) is 7.27. The van der Waals surface area contributed by atoms with Gasteiger partial charge in [0.05, 0.1) is 39.6 Å². The largest absolute Gasteiger partial charge is 0.507 e. The third-order valence-electron chi connectivity index (χ3n) is 6.99. The quantitative estimate of drug-likeness (QED) is 0.174. The molecular formula is C35H38N2O6. The number of hydrogen-bond donors (Lipinski definition) is 2. The summed E-state index contributed by atoms with van der Waals surface area (Å²) in [5.41, 5.74) is 4.15. The van der Waals surface area contributed by atoms with Crippen molar-refractivity contribution >= 4 is 12.4 Å². The maximum absolute atomic E-state index is 10.5. The molecule has 0 aromatic heterocycles. The molecule has 0 aliphatic carbocycles. The zero-order valence-electron chi connectivity index (χ0n) is 25.4. The molecule has 0 saturated heterocycles. The number of phenols is 2. The van der Waals surface area contributed by atoms with Gasteiger partial charge in [0.25, 0.3) is 0 Å². The van der Waals surface area contributed by atoms with Gasteiger partial charge < -0.3 is 29.2 Å². The first-order valence-corrected chi connectivity index (χ1v) is 13.8. The lowest BCUT2D eigenvalue weighted by molar-refractivity contribution is 0.396. The van der Waals surface area contributed by atoms with Gasteiger partial charge >= 0.3 is 0 Å². The second-order valence-corrected chi connectivity index (χ2v) is 10.7. The van der Waals surface area contributed by atoms with E-state index in [2.05, 4.69) is 23.8 Å².